The fourth-order valence-electron chi connectivity index (χ4n) is 2.48. The third-order valence-electron chi connectivity index (χ3n) is 3.78. The van der Waals surface area contributed by atoms with Crippen LogP contribution in [0.1, 0.15) is 35.5 Å². The molecule has 0 saturated heterocycles. The summed E-state index contributed by atoms with van der Waals surface area (Å²) < 4.78 is 5.85. The van der Waals surface area contributed by atoms with E-state index in [2.05, 4.69) is 31.0 Å². The Morgan fingerprint density at radius 1 is 1.19 bits per heavy atom. The first-order chi connectivity index (χ1) is 10.2. The zero-order chi connectivity index (χ0) is 14.8. The highest BCUT2D eigenvalue weighted by molar-refractivity contribution is 5.78. The van der Waals surface area contributed by atoms with E-state index in [1.807, 2.05) is 30.5 Å². The standard InChI is InChI=1S/C18H20N2O/c1-3-13-5-6-15(20-11-13)10-16(19)18-9-14-8-12(2)4-7-17(14)21-18/h4-9,11,16H,3,10,19H2,1-2H3. The minimum absolute atomic E-state index is 0.169. The highest BCUT2D eigenvalue weighted by Gasteiger charge is 2.13. The van der Waals surface area contributed by atoms with Crippen molar-refractivity contribution in [2.24, 2.45) is 5.73 Å². The number of hydrogen-bond donors (Lipinski definition) is 1. The maximum absolute atomic E-state index is 6.27. The van der Waals surface area contributed by atoms with Crippen LogP contribution in [-0.2, 0) is 12.8 Å². The molecule has 2 aromatic heterocycles. The van der Waals surface area contributed by atoms with Crippen molar-refractivity contribution in [2.45, 2.75) is 32.7 Å². The Bertz CT molecular complexity index is 744. The molecular weight excluding hydrogens is 260 g/mol. The lowest BCUT2D eigenvalue weighted by Gasteiger charge is -2.08. The summed E-state index contributed by atoms with van der Waals surface area (Å²) in [5.41, 5.74) is 10.6. The van der Waals surface area contributed by atoms with Gasteiger partial charge < -0.3 is 10.2 Å². The molecule has 3 heteroatoms. The molecule has 2 N–H and O–H groups in total. The molecule has 2 heterocycles. The van der Waals surface area contributed by atoms with Crippen LogP contribution < -0.4 is 5.73 Å². The number of benzene rings is 1. The van der Waals surface area contributed by atoms with Crippen LogP contribution in [0.3, 0.4) is 0 Å². The third kappa shape index (κ3) is 2.98. The normalized spacial score (nSPS) is 12.7. The van der Waals surface area contributed by atoms with E-state index in [1.54, 1.807) is 0 Å². The lowest BCUT2D eigenvalue weighted by Crippen LogP contribution is -2.13. The van der Waals surface area contributed by atoms with E-state index >= 15 is 0 Å². The fourth-order valence-corrected chi connectivity index (χ4v) is 2.48. The molecule has 21 heavy (non-hydrogen) atoms. The van der Waals surface area contributed by atoms with Gasteiger partial charge in [0.15, 0.2) is 0 Å². The zero-order valence-corrected chi connectivity index (χ0v) is 12.5. The van der Waals surface area contributed by atoms with E-state index < -0.39 is 0 Å². The summed E-state index contributed by atoms with van der Waals surface area (Å²) in [7, 11) is 0. The van der Waals surface area contributed by atoms with Crippen molar-refractivity contribution in [2.75, 3.05) is 0 Å². The second kappa shape index (κ2) is 5.70. The average molecular weight is 280 g/mol. The molecule has 0 saturated carbocycles. The molecule has 0 aliphatic carbocycles. The monoisotopic (exact) mass is 280 g/mol. The molecule has 0 radical (unpaired) electrons. The van der Waals surface area contributed by atoms with Gasteiger partial charge in [-0.2, -0.15) is 0 Å². The molecule has 0 fully saturated rings. The van der Waals surface area contributed by atoms with E-state index in [0.29, 0.717) is 6.42 Å². The van der Waals surface area contributed by atoms with Gasteiger partial charge in [-0.25, -0.2) is 0 Å². The van der Waals surface area contributed by atoms with Crippen molar-refractivity contribution < 1.29 is 4.42 Å². The number of fused-ring (bicyclic) bond motifs is 1. The molecule has 0 bridgehead atoms. The number of aromatic nitrogens is 1. The van der Waals surface area contributed by atoms with Crippen LogP contribution in [0.15, 0.2) is 47.0 Å². The van der Waals surface area contributed by atoms with Crippen LogP contribution in [0.5, 0.6) is 0 Å². The van der Waals surface area contributed by atoms with E-state index in [0.717, 1.165) is 28.8 Å². The number of nitrogens with two attached hydrogens (primary N) is 1. The number of hydrogen-bond acceptors (Lipinski definition) is 3. The highest BCUT2D eigenvalue weighted by atomic mass is 16.3. The van der Waals surface area contributed by atoms with Crippen LogP contribution in [-0.4, -0.2) is 4.98 Å². The molecular formula is C18H20N2O. The summed E-state index contributed by atoms with van der Waals surface area (Å²) in [4.78, 5) is 4.46. The second-order valence-electron chi connectivity index (χ2n) is 5.51. The van der Waals surface area contributed by atoms with E-state index in [4.69, 9.17) is 10.2 Å². The van der Waals surface area contributed by atoms with Gasteiger partial charge in [0, 0.05) is 23.7 Å². The summed E-state index contributed by atoms with van der Waals surface area (Å²) in [6, 6.07) is 12.2. The minimum Gasteiger partial charge on any atom is -0.459 e. The Labute approximate surface area is 124 Å². The van der Waals surface area contributed by atoms with Crippen LogP contribution in [0.4, 0.5) is 0 Å². The average Bonchev–Trinajstić information content (AvgIpc) is 2.91. The van der Waals surface area contributed by atoms with Crippen LogP contribution >= 0.6 is 0 Å². The predicted octanol–water partition coefficient (Wildman–Crippen LogP) is 3.94. The summed E-state index contributed by atoms with van der Waals surface area (Å²) in [5, 5.41) is 1.11. The van der Waals surface area contributed by atoms with Gasteiger partial charge in [-0.05, 0) is 43.2 Å². The van der Waals surface area contributed by atoms with Crippen molar-refractivity contribution in [3.63, 3.8) is 0 Å². The summed E-state index contributed by atoms with van der Waals surface area (Å²) in [6.07, 6.45) is 3.61. The van der Waals surface area contributed by atoms with Gasteiger partial charge in [0.2, 0.25) is 0 Å². The van der Waals surface area contributed by atoms with Gasteiger partial charge in [-0.1, -0.05) is 24.6 Å². The number of rotatable bonds is 4. The molecule has 0 amide bonds. The Kier molecular flexibility index (Phi) is 3.76. The van der Waals surface area contributed by atoms with Crippen LogP contribution in [0.25, 0.3) is 11.0 Å². The number of nitrogens with zero attached hydrogens (tertiary/aromatic N) is 1. The van der Waals surface area contributed by atoms with Crippen LogP contribution in [0.2, 0.25) is 0 Å². The maximum Gasteiger partial charge on any atom is 0.134 e. The number of furan rings is 1. The van der Waals surface area contributed by atoms with Crippen molar-refractivity contribution >= 4 is 11.0 Å². The molecule has 0 aliphatic rings. The highest BCUT2D eigenvalue weighted by Crippen LogP contribution is 2.25. The van der Waals surface area contributed by atoms with E-state index in [-0.39, 0.29) is 6.04 Å². The van der Waals surface area contributed by atoms with Crippen molar-refractivity contribution in [3.05, 3.63) is 65.2 Å². The van der Waals surface area contributed by atoms with Crippen molar-refractivity contribution in [3.8, 4) is 0 Å². The van der Waals surface area contributed by atoms with Gasteiger partial charge in [0.25, 0.3) is 0 Å². The van der Waals surface area contributed by atoms with Gasteiger partial charge in [0.05, 0.1) is 6.04 Å². The molecule has 108 valence electrons. The first-order valence-corrected chi connectivity index (χ1v) is 7.35. The molecule has 0 aliphatic heterocycles. The summed E-state index contributed by atoms with van der Waals surface area (Å²) in [6.45, 7) is 4.20. The first kappa shape index (κ1) is 13.8. The molecule has 3 aromatic rings. The Hall–Kier alpha value is -2.13. The van der Waals surface area contributed by atoms with Crippen molar-refractivity contribution in [1.29, 1.82) is 0 Å². The van der Waals surface area contributed by atoms with E-state index in [9.17, 15) is 0 Å². The Morgan fingerprint density at radius 2 is 2.05 bits per heavy atom. The molecule has 0 spiro atoms. The van der Waals surface area contributed by atoms with Crippen molar-refractivity contribution in [1.82, 2.24) is 4.98 Å². The Balaban J connectivity index is 1.80. The molecule has 3 nitrogen and oxygen atoms in total. The fraction of sp³-hybridized carbons (Fsp3) is 0.278. The molecule has 1 unspecified atom stereocenters. The van der Waals surface area contributed by atoms with Gasteiger partial charge in [-0.15, -0.1) is 0 Å². The SMILES string of the molecule is CCc1ccc(CC(N)c2cc3cc(C)ccc3o2)nc1. The maximum atomic E-state index is 6.27. The van der Waals surface area contributed by atoms with Gasteiger partial charge >= 0.3 is 0 Å². The summed E-state index contributed by atoms with van der Waals surface area (Å²) >= 11 is 0. The lowest BCUT2D eigenvalue weighted by atomic mass is 10.1. The second-order valence-corrected chi connectivity index (χ2v) is 5.51. The third-order valence-corrected chi connectivity index (χ3v) is 3.78. The van der Waals surface area contributed by atoms with E-state index in [1.165, 1.54) is 11.1 Å². The van der Waals surface area contributed by atoms with Crippen LogP contribution in [0, 0.1) is 6.92 Å². The smallest absolute Gasteiger partial charge is 0.134 e. The molecule has 1 atom stereocenters. The number of aryl methyl sites for hydroxylation is 2. The molecule has 1 aromatic carbocycles. The summed E-state index contributed by atoms with van der Waals surface area (Å²) in [5.74, 6) is 0.817. The lowest BCUT2D eigenvalue weighted by molar-refractivity contribution is 0.491. The first-order valence-electron chi connectivity index (χ1n) is 7.35. The Morgan fingerprint density at radius 3 is 2.76 bits per heavy atom. The van der Waals surface area contributed by atoms with Gasteiger partial charge in [-0.3, -0.25) is 4.98 Å². The zero-order valence-electron chi connectivity index (χ0n) is 12.5. The number of pyridine rings is 1. The van der Waals surface area contributed by atoms with Gasteiger partial charge in [0.1, 0.15) is 11.3 Å². The predicted molar refractivity (Wildman–Crippen MR) is 85.2 cm³/mol. The minimum atomic E-state index is -0.169. The quantitative estimate of drug-likeness (QED) is 0.787. The largest absolute Gasteiger partial charge is 0.459 e. The topological polar surface area (TPSA) is 52.0 Å². The molecule has 3 rings (SSSR count).